The van der Waals surface area contributed by atoms with Crippen molar-refractivity contribution in [3.8, 4) is 0 Å². The number of nitrogens with one attached hydrogen (secondary N) is 1. The van der Waals surface area contributed by atoms with Gasteiger partial charge in [0.25, 0.3) is 5.91 Å². The number of aromatic nitrogens is 2. The van der Waals surface area contributed by atoms with Gasteiger partial charge >= 0.3 is 5.97 Å². The first kappa shape index (κ1) is 14.6. The number of carbonyl (C=O) groups excluding carboxylic acids is 2. The van der Waals surface area contributed by atoms with Crippen LogP contribution in [-0.2, 0) is 21.4 Å². The Morgan fingerprint density at radius 1 is 1.40 bits per heavy atom. The molecular weight excluding hydrogens is 258 g/mol. The zero-order valence-corrected chi connectivity index (χ0v) is 12.4. The Bertz CT molecular complexity index is 532. The molecule has 0 aromatic carbocycles. The van der Waals surface area contributed by atoms with E-state index in [1.807, 2.05) is 20.9 Å². The molecule has 6 heteroatoms. The molecular formula is C14H21N3O3. The second kappa shape index (κ2) is 5.64. The minimum Gasteiger partial charge on any atom is -0.452 e. The number of nitrogens with zero attached hydrogens (tertiary/aromatic N) is 2. The molecule has 20 heavy (non-hydrogen) atoms. The first-order valence-corrected chi connectivity index (χ1v) is 6.91. The molecule has 1 fully saturated rings. The number of hydrogen-bond donors (Lipinski definition) is 1. The Labute approximate surface area is 118 Å². The van der Waals surface area contributed by atoms with Gasteiger partial charge in [0.2, 0.25) is 0 Å². The van der Waals surface area contributed by atoms with Crippen molar-refractivity contribution in [1.29, 1.82) is 0 Å². The third-order valence-electron chi connectivity index (χ3n) is 3.86. The maximum Gasteiger partial charge on any atom is 0.309 e. The minimum atomic E-state index is -0.790. The fourth-order valence-electron chi connectivity index (χ4n) is 2.15. The summed E-state index contributed by atoms with van der Waals surface area (Å²) in [5.74, 6) is -0.609. The highest BCUT2D eigenvalue weighted by Gasteiger charge is 2.29. The van der Waals surface area contributed by atoms with Crippen molar-refractivity contribution in [3.05, 3.63) is 11.4 Å². The number of hydrogen-bond acceptors (Lipinski definition) is 4. The van der Waals surface area contributed by atoms with Crippen molar-refractivity contribution in [2.45, 2.75) is 46.1 Å². The van der Waals surface area contributed by atoms with Gasteiger partial charge in [-0.2, -0.15) is 5.10 Å². The number of anilines is 1. The Morgan fingerprint density at radius 3 is 2.50 bits per heavy atom. The van der Waals surface area contributed by atoms with Gasteiger partial charge in [-0.25, -0.2) is 0 Å². The van der Waals surface area contributed by atoms with Gasteiger partial charge in [0.1, 0.15) is 0 Å². The number of rotatable bonds is 4. The average molecular weight is 279 g/mol. The fourth-order valence-corrected chi connectivity index (χ4v) is 2.15. The van der Waals surface area contributed by atoms with Gasteiger partial charge in [0.05, 0.1) is 23.0 Å². The van der Waals surface area contributed by atoms with E-state index in [0.29, 0.717) is 5.69 Å². The van der Waals surface area contributed by atoms with E-state index in [2.05, 4.69) is 10.4 Å². The lowest BCUT2D eigenvalue weighted by atomic mass is 9.86. The first-order chi connectivity index (χ1) is 9.40. The van der Waals surface area contributed by atoms with Crippen LogP contribution < -0.4 is 5.32 Å². The molecule has 6 nitrogen and oxygen atoms in total. The second-order valence-electron chi connectivity index (χ2n) is 5.37. The van der Waals surface area contributed by atoms with Crippen LogP contribution in [-0.4, -0.2) is 27.8 Å². The smallest absolute Gasteiger partial charge is 0.309 e. The summed E-state index contributed by atoms with van der Waals surface area (Å²) in [5.41, 5.74) is 2.30. The topological polar surface area (TPSA) is 73.2 Å². The Kier molecular flexibility index (Phi) is 4.11. The average Bonchev–Trinajstić information content (AvgIpc) is 2.53. The van der Waals surface area contributed by atoms with Crippen LogP contribution in [0.5, 0.6) is 0 Å². The minimum absolute atomic E-state index is 0.0212. The summed E-state index contributed by atoms with van der Waals surface area (Å²) >= 11 is 0. The summed E-state index contributed by atoms with van der Waals surface area (Å²) in [4.78, 5) is 23.8. The molecule has 0 aliphatic heterocycles. The predicted molar refractivity (Wildman–Crippen MR) is 74.2 cm³/mol. The molecule has 110 valence electrons. The van der Waals surface area contributed by atoms with E-state index in [1.54, 1.807) is 11.6 Å². The van der Waals surface area contributed by atoms with Crippen molar-refractivity contribution < 1.29 is 14.3 Å². The summed E-state index contributed by atoms with van der Waals surface area (Å²) in [6.45, 7) is 5.29. The Balaban J connectivity index is 1.95. The zero-order chi connectivity index (χ0) is 14.9. The van der Waals surface area contributed by atoms with E-state index in [4.69, 9.17) is 4.74 Å². The number of carbonyl (C=O) groups is 2. The lowest BCUT2D eigenvalue weighted by Gasteiger charge is -2.24. The van der Waals surface area contributed by atoms with Crippen LogP contribution >= 0.6 is 0 Å². The van der Waals surface area contributed by atoms with Crippen LogP contribution in [0.2, 0.25) is 0 Å². The molecule has 1 saturated carbocycles. The molecule has 2 rings (SSSR count). The van der Waals surface area contributed by atoms with Gasteiger partial charge in [-0.1, -0.05) is 6.42 Å². The molecule has 1 heterocycles. The van der Waals surface area contributed by atoms with E-state index in [0.717, 1.165) is 30.7 Å². The zero-order valence-electron chi connectivity index (χ0n) is 12.4. The number of aryl methyl sites for hydroxylation is 2. The van der Waals surface area contributed by atoms with Crippen molar-refractivity contribution in [2.24, 2.45) is 13.0 Å². The molecule has 1 atom stereocenters. The van der Waals surface area contributed by atoms with Crippen LogP contribution in [0.3, 0.4) is 0 Å². The molecule has 0 spiro atoms. The third-order valence-corrected chi connectivity index (χ3v) is 3.86. The van der Waals surface area contributed by atoms with Crippen LogP contribution in [0, 0.1) is 19.8 Å². The lowest BCUT2D eigenvalue weighted by Crippen LogP contribution is -2.34. The highest BCUT2D eigenvalue weighted by molar-refractivity contribution is 5.96. The molecule has 0 radical (unpaired) electrons. The predicted octanol–water partition coefficient (Wildman–Crippen LogP) is 1.71. The number of ether oxygens (including phenoxy) is 1. The van der Waals surface area contributed by atoms with Crippen molar-refractivity contribution in [3.63, 3.8) is 0 Å². The SMILES string of the molecule is Cc1nn(C)c(C)c1NC(=O)[C@@H](C)OC(=O)C1CCC1. The molecule has 1 aromatic rings. The normalized spacial score (nSPS) is 16.4. The van der Waals surface area contributed by atoms with E-state index in [9.17, 15) is 9.59 Å². The molecule has 0 saturated heterocycles. The maximum atomic E-state index is 12.1. The summed E-state index contributed by atoms with van der Waals surface area (Å²) < 4.78 is 6.90. The third kappa shape index (κ3) is 2.84. The molecule has 1 N–H and O–H groups in total. The molecule has 1 aromatic heterocycles. The largest absolute Gasteiger partial charge is 0.452 e. The lowest BCUT2D eigenvalue weighted by molar-refractivity contribution is -0.159. The fraction of sp³-hybridized carbons (Fsp3) is 0.643. The van der Waals surface area contributed by atoms with E-state index in [-0.39, 0.29) is 17.8 Å². The van der Waals surface area contributed by atoms with Crippen molar-refractivity contribution >= 4 is 17.6 Å². The summed E-state index contributed by atoms with van der Waals surface area (Å²) in [7, 11) is 1.82. The van der Waals surface area contributed by atoms with Crippen LogP contribution in [0.1, 0.15) is 37.6 Å². The van der Waals surface area contributed by atoms with Gasteiger partial charge < -0.3 is 10.1 Å². The Morgan fingerprint density at radius 2 is 2.05 bits per heavy atom. The van der Waals surface area contributed by atoms with Gasteiger partial charge in [-0.15, -0.1) is 0 Å². The van der Waals surface area contributed by atoms with Crippen LogP contribution in [0.25, 0.3) is 0 Å². The molecule has 1 aliphatic rings. The van der Waals surface area contributed by atoms with E-state index >= 15 is 0 Å². The number of amides is 1. The number of esters is 1. The molecule has 0 bridgehead atoms. The monoisotopic (exact) mass is 279 g/mol. The van der Waals surface area contributed by atoms with Crippen LogP contribution in [0.4, 0.5) is 5.69 Å². The first-order valence-electron chi connectivity index (χ1n) is 6.91. The standard InChI is InChI=1S/C14H21N3O3/c1-8-12(9(2)17(4)16-8)15-13(18)10(3)20-14(19)11-6-5-7-11/h10-11H,5-7H2,1-4H3,(H,15,18)/t10-/m1/s1. The summed E-state index contributed by atoms with van der Waals surface area (Å²) in [6, 6.07) is 0. The van der Waals surface area contributed by atoms with Crippen LogP contribution in [0.15, 0.2) is 0 Å². The quantitative estimate of drug-likeness (QED) is 0.851. The Hall–Kier alpha value is -1.85. The highest BCUT2D eigenvalue weighted by atomic mass is 16.5. The van der Waals surface area contributed by atoms with Gasteiger partial charge in [0.15, 0.2) is 6.10 Å². The van der Waals surface area contributed by atoms with E-state index in [1.165, 1.54) is 0 Å². The second-order valence-corrected chi connectivity index (χ2v) is 5.37. The van der Waals surface area contributed by atoms with E-state index < -0.39 is 6.10 Å². The molecule has 1 aliphatic carbocycles. The molecule has 1 amide bonds. The van der Waals surface area contributed by atoms with Gasteiger partial charge in [-0.05, 0) is 33.6 Å². The molecule has 0 unspecified atom stereocenters. The highest BCUT2D eigenvalue weighted by Crippen LogP contribution is 2.28. The maximum absolute atomic E-state index is 12.1. The summed E-state index contributed by atoms with van der Waals surface area (Å²) in [6.07, 6.45) is 2.01. The van der Waals surface area contributed by atoms with Crippen molar-refractivity contribution in [2.75, 3.05) is 5.32 Å². The van der Waals surface area contributed by atoms with Crippen molar-refractivity contribution in [1.82, 2.24) is 9.78 Å². The van der Waals surface area contributed by atoms with Gasteiger partial charge in [-0.3, -0.25) is 14.3 Å². The summed E-state index contributed by atoms with van der Waals surface area (Å²) in [5, 5.41) is 7.01. The van der Waals surface area contributed by atoms with Gasteiger partial charge in [0, 0.05) is 7.05 Å².